The average Bonchev–Trinajstić information content (AvgIpc) is 3.59. The van der Waals surface area contributed by atoms with E-state index in [-0.39, 0.29) is 5.97 Å². The van der Waals surface area contributed by atoms with Crippen molar-refractivity contribution in [2.75, 3.05) is 31.2 Å². The molecule has 0 amide bonds. The first-order valence-electron chi connectivity index (χ1n) is 11.7. The van der Waals surface area contributed by atoms with Gasteiger partial charge in [-0.3, -0.25) is 4.79 Å². The van der Waals surface area contributed by atoms with Crippen LogP contribution in [0.3, 0.4) is 0 Å². The normalized spacial score (nSPS) is 17.9. The van der Waals surface area contributed by atoms with Crippen molar-refractivity contribution in [2.45, 2.75) is 58.5 Å². The fourth-order valence-corrected chi connectivity index (χ4v) is 4.36. The maximum absolute atomic E-state index is 12.5. The molecular formula is C25H32ClN3O3. The molecule has 2 aliphatic rings. The first-order chi connectivity index (χ1) is 15.5. The van der Waals surface area contributed by atoms with Crippen molar-refractivity contribution in [3.8, 4) is 11.4 Å². The molecule has 4 rings (SSSR count). The van der Waals surface area contributed by atoms with Gasteiger partial charge in [0, 0.05) is 48.5 Å². The van der Waals surface area contributed by atoms with Gasteiger partial charge in [0.05, 0.1) is 18.1 Å². The third-order valence-corrected chi connectivity index (χ3v) is 6.53. The number of halogens is 1. The van der Waals surface area contributed by atoms with Crippen molar-refractivity contribution < 1.29 is 14.3 Å². The van der Waals surface area contributed by atoms with Gasteiger partial charge in [0.1, 0.15) is 5.82 Å². The zero-order chi connectivity index (χ0) is 22.6. The number of benzene rings is 1. The lowest BCUT2D eigenvalue weighted by atomic mass is 9.99. The van der Waals surface area contributed by atoms with Crippen molar-refractivity contribution in [2.24, 2.45) is 5.41 Å². The summed E-state index contributed by atoms with van der Waals surface area (Å²) >= 11 is 6.08. The molecule has 0 bridgehead atoms. The SMILES string of the molecule is CCCOC1CCN(c2cc(CC3(C(=O)OCC)CC3)nc(-c3ccc(Cl)cc3)n2)CC1. The van der Waals surface area contributed by atoms with Crippen LogP contribution in [0.15, 0.2) is 30.3 Å². The van der Waals surface area contributed by atoms with Crippen LogP contribution in [0.25, 0.3) is 11.4 Å². The lowest BCUT2D eigenvalue weighted by molar-refractivity contribution is -0.149. The number of anilines is 1. The second-order valence-corrected chi connectivity index (χ2v) is 9.22. The number of rotatable bonds is 9. The Labute approximate surface area is 195 Å². The molecule has 0 N–H and O–H groups in total. The average molecular weight is 458 g/mol. The van der Waals surface area contributed by atoms with Crippen LogP contribution in [0.4, 0.5) is 5.82 Å². The molecule has 172 valence electrons. The third kappa shape index (κ3) is 5.41. The molecule has 0 radical (unpaired) electrons. The largest absolute Gasteiger partial charge is 0.466 e. The van der Waals surface area contributed by atoms with Crippen LogP contribution in [0, 0.1) is 5.41 Å². The summed E-state index contributed by atoms with van der Waals surface area (Å²) in [4.78, 5) is 24.6. The maximum atomic E-state index is 12.5. The summed E-state index contributed by atoms with van der Waals surface area (Å²) in [7, 11) is 0. The molecule has 1 aromatic carbocycles. The minimum atomic E-state index is -0.431. The Morgan fingerprint density at radius 1 is 1.16 bits per heavy atom. The van der Waals surface area contributed by atoms with E-state index < -0.39 is 5.41 Å². The van der Waals surface area contributed by atoms with Crippen LogP contribution in [0.2, 0.25) is 5.02 Å². The van der Waals surface area contributed by atoms with Crippen molar-refractivity contribution in [1.82, 2.24) is 9.97 Å². The van der Waals surface area contributed by atoms with Gasteiger partial charge in [0.2, 0.25) is 0 Å². The van der Waals surface area contributed by atoms with Crippen LogP contribution < -0.4 is 4.90 Å². The topological polar surface area (TPSA) is 64.5 Å². The molecule has 6 nitrogen and oxygen atoms in total. The number of piperidine rings is 1. The Kier molecular flexibility index (Phi) is 7.31. The van der Waals surface area contributed by atoms with Gasteiger partial charge in [-0.1, -0.05) is 18.5 Å². The summed E-state index contributed by atoms with van der Waals surface area (Å²) in [5.41, 5.74) is 1.37. The van der Waals surface area contributed by atoms with Gasteiger partial charge < -0.3 is 14.4 Å². The standard InChI is InChI=1S/C25H32ClN3O3/c1-3-15-32-21-9-13-29(14-10-21)22-16-20(17-25(11-12-25)24(30)31-4-2)27-23(28-22)18-5-7-19(26)8-6-18/h5-8,16,21H,3-4,9-15,17H2,1-2H3. The highest BCUT2D eigenvalue weighted by molar-refractivity contribution is 6.30. The van der Waals surface area contributed by atoms with E-state index in [9.17, 15) is 4.79 Å². The molecule has 2 heterocycles. The van der Waals surface area contributed by atoms with Gasteiger partial charge in [-0.05, 0) is 63.3 Å². The first-order valence-corrected chi connectivity index (χ1v) is 12.1. The number of carbonyl (C=O) groups is 1. The van der Waals surface area contributed by atoms with Crippen LogP contribution in [0.5, 0.6) is 0 Å². The van der Waals surface area contributed by atoms with Crippen LogP contribution in [-0.2, 0) is 20.7 Å². The van der Waals surface area contributed by atoms with E-state index in [0.717, 1.165) is 68.9 Å². The van der Waals surface area contributed by atoms with E-state index in [4.69, 9.17) is 31.0 Å². The number of ether oxygens (including phenoxy) is 2. The molecule has 1 aromatic heterocycles. The van der Waals surface area contributed by atoms with Crippen molar-refractivity contribution in [1.29, 1.82) is 0 Å². The second-order valence-electron chi connectivity index (χ2n) is 8.78. The van der Waals surface area contributed by atoms with Gasteiger partial charge in [-0.25, -0.2) is 9.97 Å². The quantitative estimate of drug-likeness (QED) is 0.489. The van der Waals surface area contributed by atoms with Gasteiger partial charge in [-0.2, -0.15) is 0 Å². The maximum Gasteiger partial charge on any atom is 0.312 e. The predicted molar refractivity (Wildman–Crippen MR) is 126 cm³/mol. The van der Waals surface area contributed by atoms with Gasteiger partial charge in [-0.15, -0.1) is 0 Å². The fraction of sp³-hybridized carbons (Fsp3) is 0.560. The summed E-state index contributed by atoms with van der Waals surface area (Å²) < 4.78 is 11.3. The van der Waals surface area contributed by atoms with Crippen LogP contribution >= 0.6 is 11.6 Å². The molecule has 0 spiro atoms. The van der Waals surface area contributed by atoms with E-state index in [1.165, 1.54) is 0 Å². The molecule has 0 atom stereocenters. The summed E-state index contributed by atoms with van der Waals surface area (Å²) in [5, 5.41) is 0.679. The number of nitrogens with zero attached hydrogens (tertiary/aromatic N) is 3. The van der Waals surface area contributed by atoms with E-state index in [1.807, 2.05) is 37.3 Å². The minimum absolute atomic E-state index is 0.109. The molecule has 2 fully saturated rings. The Morgan fingerprint density at radius 2 is 1.88 bits per heavy atom. The minimum Gasteiger partial charge on any atom is -0.466 e. The zero-order valence-electron chi connectivity index (χ0n) is 19.0. The Morgan fingerprint density at radius 3 is 2.50 bits per heavy atom. The monoisotopic (exact) mass is 457 g/mol. The number of hydrogen-bond donors (Lipinski definition) is 0. The lowest BCUT2D eigenvalue weighted by Crippen LogP contribution is -2.37. The highest BCUT2D eigenvalue weighted by atomic mass is 35.5. The molecule has 0 unspecified atom stereocenters. The highest BCUT2D eigenvalue weighted by Gasteiger charge is 2.51. The molecular weight excluding hydrogens is 426 g/mol. The van der Waals surface area contributed by atoms with Crippen molar-refractivity contribution in [3.05, 3.63) is 41.0 Å². The molecule has 1 aliphatic heterocycles. The Balaban J connectivity index is 1.58. The number of hydrogen-bond acceptors (Lipinski definition) is 6. The van der Waals surface area contributed by atoms with Gasteiger partial charge in [0.15, 0.2) is 5.82 Å². The number of carbonyl (C=O) groups excluding carboxylic acids is 1. The molecule has 7 heteroatoms. The Bertz CT molecular complexity index is 923. The number of esters is 1. The smallest absolute Gasteiger partial charge is 0.312 e. The summed E-state index contributed by atoms with van der Waals surface area (Å²) in [5.74, 6) is 1.47. The number of aromatic nitrogens is 2. The summed E-state index contributed by atoms with van der Waals surface area (Å²) in [6.45, 7) is 7.00. The molecule has 1 saturated carbocycles. The van der Waals surface area contributed by atoms with Crippen LogP contribution in [0.1, 0.15) is 51.6 Å². The first kappa shape index (κ1) is 23.0. The van der Waals surface area contributed by atoms with E-state index in [2.05, 4.69) is 11.8 Å². The summed E-state index contributed by atoms with van der Waals surface area (Å²) in [6.07, 6.45) is 5.62. The van der Waals surface area contributed by atoms with E-state index >= 15 is 0 Å². The van der Waals surface area contributed by atoms with Crippen molar-refractivity contribution in [3.63, 3.8) is 0 Å². The van der Waals surface area contributed by atoms with Gasteiger partial charge >= 0.3 is 5.97 Å². The van der Waals surface area contributed by atoms with E-state index in [0.29, 0.717) is 30.0 Å². The fourth-order valence-electron chi connectivity index (χ4n) is 4.23. The lowest BCUT2D eigenvalue weighted by Gasteiger charge is -2.33. The van der Waals surface area contributed by atoms with E-state index in [1.54, 1.807) is 0 Å². The Hall–Kier alpha value is -2.18. The highest BCUT2D eigenvalue weighted by Crippen LogP contribution is 2.49. The summed E-state index contributed by atoms with van der Waals surface area (Å²) in [6, 6.07) is 9.63. The van der Waals surface area contributed by atoms with Crippen LogP contribution in [-0.4, -0.2) is 48.3 Å². The molecule has 2 aromatic rings. The molecule has 1 aliphatic carbocycles. The molecule has 1 saturated heterocycles. The zero-order valence-corrected chi connectivity index (χ0v) is 19.7. The second kappa shape index (κ2) is 10.2. The van der Waals surface area contributed by atoms with Crippen molar-refractivity contribution >= 4 is 23.4 Å². The predicted octanol–water partition coefficient (Wildman–Crippen LogP) is 5.08. The third-order valence-electron chi connectivity index (χ3n) is 6.27. The van der Waals surface area contributed by atoms with Gasteiger partial charge in [0.25, 0.3) is 0 Å². The molecule has 32 heavy (non-hydrogen) atoms.